The Morgan fingerprint density at radius 1 is 0.926 bits per heavy atom. The molecule has 0 spiro atoms. The first-order chi connectivity index (χ1) is 13.2. The number of anilines is 1. The van der Waals surface area contributed by atoms with E-state index in [1.807, 2.05) is 66.7 Å². The first kappa shape index (κ1) is 17.2. The van der Waals surface area contributed by atoms with Gasteiger partial charge in [0.2, 0.25) is 0 Å². The maximum absolute atomic E-state index is 11.4. The Balaban J connectivity index is 1.49. The van der Waals surface area contributed by atoms with Crippen LogP contribution < -0.4 is 15.7 Å². The third-order valence-electron chi connectivity index (χ3n) is 4.26. The molecule has 0 bridgehead atoms. The summed E-state index contributed by atoms with van der Waals surface area (Å²) in [5.74, 6) is 0.784. The molecule has 1 heterocycles. The van der Waals surface area contributed by atoms with E-state index in [2.05, 4.69) is 15.3 Å². The maximum Gasteiger partial charge on any atom is 0.323 e. The van der Waals surface area contributed by atoms with Crippen molar-refractivity contribution in [1.82, 2.24) is 9.97 Å². The third kappa shape index (κ3) is 4.15. The van der Waals surface area contributed by atoms with E-state index >= 15 is 0 Å². The highest BCUT2D eigenvalue weighted by atomic mass is 35.5. The van der Waals surface area contributed by atoms with E-state index in [1.54, 1.807) is 0 Å². The van der Waals surface area contributed by atoms with Gasteiger partial charge in [-0.3, -0.25) is 0 Å². The highest BCUT2D eigenvalue weighted by Crippen LogP contribution is 2.25. The Kier molecular flexibility index (Phi) is 4.85. The second-order valence-corrected chi connectivity index (χ2v) is 6.66. The van der Waals surface area contributed by atoms with Gasteiger partial charge in [0.05, 0.1) is 11.0 Å². The van der Waals surface area contributed by atoms with E-state index in [4.69, 9.17) is 16.3 Å². The van der Waals surface area contributed by atoms with Crippen LogP contribution in [0.3, 0.4) is 0 Å². The molecule has 0 saturated heterocycles. The molecule has 0 unspecified atom stereocenters. The number of aromatic nitrogens is 2. The van der Waals surface area contributed by atoms with Gasteiger partial charge in [0.1, 0.15) is 12.4 Å². The normalized spacial score (nSPS) is 10.9. The summed E-state index contributed by atoms with van der Waals surface area (Å²) < 4.78 is 5.99. The van der Waals surface area contributed by atoms with E-state index in [-0.39, 0.29) is 5.69 Å². The van der Waals surface area contributed by atoms with Gasteiger partial charge in [-0.25, -0.2) is 4.79 Å². The van der Waals surface area contributed by atoms with Crippen molar-refractivity contribution in [2.24, 2.45) is 0 Å². The maximum atomic E-state index is 11.4. The summed E-state index contributed by atoms with van der Waals surface area (Å²) in [6, 6.07) is 21.3. The van der Waals surface area contributed by atoms with Crippen LogP contribution in [0.2, 0.25) is 5.02 Å². The molecule has 0 saturated carbocycles. The summed E-state index contributed by atoms with van der Waals surface area (Å²) in [4.78, 5) is 16.9. The van der Waals surface area contributed by atoms with Crippen molar-refractivity contribution in [2.45, 2.75) is 13.2 Å². The number of H-pyrrole nitrogens is 2. The lowest BCUT2D eigenvalue weighted by Gasteiger charge is -2.13. The molecule has 6 heteroatoms. The molecule has 0 fully saturated rings. The predicted molar refractivity (Wildman–Crippen MR) is 108 cm³/mol. The first-order valence-corrected chi connectivity index (χ1v) is 8.96. The van der Waals surface area contributed by atoms with Crippen molar-refractivity contribution in [3.05, 3.63) is 93.4 Å². The summed E-state index contributed by atoms with van der Waals surface area (Å²) in [7, 11) is 0. The van der Waals surface area contributed by atoms with Crippen molar-refractivity contribution < 1.29 is 4.74 Å². The third-order valence-corrected chi connectivity index (χ3v) is 4.49. The summed E-state index contributed by atoms with van der Waals surface area (Å²) in [6.07, 6.45) is 0. The molecule has 0 radical (unpaired) electrons. The Labute approximate surface area is 161 Å². The molecule has 27 heavy (non-hydrogen) atoms. The van der Waals surface area contributed by atoms with E-state index < -0.39 is 0 Å². The van der Waals surface area contributed by atoms with Gasteiger partial charge in [0.15, 0.2) is 0 Å². The number of halogens is 1. The van der Waals surface area contributed by atoms with E-state index in [1.165, 1.54) is 0 Å². The van der Waals surface area contributed by atoms with Gasteiger partial charge in [0, 0.05) is 22.8 Å². The van der Waals surface area contributed by atoms with Crippen LogP contribution in [0.1, 0.15) is 11.1 Å². The number of rotatable bonds is 6. The Bertz CT molecular complexity index is 1120. The molecule has 136 valence electrons. The molecule has 0 aliphatic heterocycles. The average Bonchev–Trinajstić information content (AvgIpc) is 3.05. The lowest BCUT2D eigenvalue weighted by atomic mass is 10.2. The van der Waals surface area contributed by atoms with Crippen LogP contribution >= 0.6 is 11.6 Å². The molecule has 4 rings (SSSR count). The second kappa shape index (κ2) is 7.60. The van der Waals surface area contributed by atoms with Crippen molar-refractivity contribution in [2.75, 3.05) is 5.32 Å². The fourth-order valence-corrected chi connectivity index (χ4v) is 3.10. The van der Waals surface area contributed by atoms with Crippen LogP contribution in [-0.2, 0) is 13.2 Å². The fourth-order valence-electron chi connectivity index (χ4n) is 2.90. The van der Waals surface area contributed by atoms with Gasteiger partial charge in [-0.2, -0.15) is 0 Å². The highest BCUT2D eigenvalue weighted by molar-refractivity contribution is 6.30. The molecular weight excluding hydrogens is 362 g/mol. The van der Waals surface area contributed by atoms with Crippen LogP contribution in [0.25, 0.3) is 11.0 Å². The van der Waals surface area contributed by atoms with Gasteiger partial charge in [-0.15, -0.1) is 0 Å². The number of hydrogen-bond acceptors (Lipinski definition) is 3. The van der Waals surface area contributed by atoms with Crippen molar-refractivity contribution in [3.8, 4) is 5.75 Å². The Morgan fingerprint density at radius 2 is 1.74 bits per heavy atom. The zero-order valence-corrected chi connectivity index (χ0v) is 15.2. The molecule has 0 aliphatic rings. The van der Waals surface area contributed by atoms with Gasteiger partial charge < -0.3 is 20.0 Å². The zero-order chi connectivity index (χ0) is 18.6. The standard InChI is InChI=1S/C21H18ClN3O2/c22-16-6-9-20(27-13-14-4-2-1-3-5-14)15(10-16)12-23-17-7-8-18-19(11-17)25-21(26)24-18/h1-11,23H,12-13H2,(H2,24,25,26). The molecule has 0 atom stereocenters. The van der Waals surface area contributed by atoms with Crippen molar-refractivity contribution in [1.29, 1.82) is 0 Å². The van der Waals surface area contributed by atoms with Crippen LogP contribution in [0.5, 0.6) is 5.75 Å². The second-order valence-electron chi connectivity index (χ2n) is 6.22. The van der Waals surface area contributed by atoms with Crippen molar-refractivity contribution >= 4 is 28.3 Å². The van der Waals surface area contributed by atoms with E-state index in [0.717, 1.165) is 33.6 Å². The zero-order valence-electron chi connectivity index (χ0n) is 14.5. The summed E-state index contributed by atoms with van der Waals surface area (Å²) in [5, 5.41) is 4.01. The predicted octanol–water partition coefficient (Wildman–Crippen LogP) is 4.70. The molecule has 0 aliphatic carbocycles. The smallest absolute Gasteiger partial charge is 0.323 e. The minimum absolute atomic E-state index is 0.214. The number of fused-ring (bicyclic) bond motifs is 1. The number of imidazole rings is 1. The van der Waals surface area contributed by atoms with Gasteiger partial charge in [-0.05, 0) is 42.0 Å². The summed E-state index contributed by atoms with van der Waals surface area (Å²) in [6.45, 7) is 1.04. The SMILES string of the molecule is O=c1[nH]c2ccc(NCc3cc(Cl)ccc3OCc3ccccc3)cc2[nH]1. The summed E-state index contributed by atoms with van der Waals surface area (Å²) in [5.41, 5.74) is 4.28. The number of nitrogens with one attached hydrogen (secondary N) is 3. The van der Waals surface area contributed by atoms with E-state index in [9.17, 15) is 4.79 Å². The quantitative estimate of drug-likeness (QED) is 0.454. The molecule has 3 N–H and O–H groups in total. The van der Waals surface area contributed by atoms with Gasteiger partial charge in [0.25, 0.3) is 0 Å². The van der Waals surface area contributed by atoms with Crippen LogP contribution in [0.4, 0.5) is 5.69 Å². The molecule has 4 aromatic rings. The van der Waals surface area contributed by atoms with Crippen LogP contribution in [0.15, 0.2) is 71.5 Å². The number of hydrogen-bond donors (Lipinski definition) is 3. The lowest BCUT2D eigenvalue weighted by molar-refractivity contribution is 0.303. The minimum Gasteiger partial charge on any atom is -0.489 e. The van der Waals surface area contributed by atoms with Gasteiger partial charge >= 0.3 is 5.69 Å². The number of benzene rings is 3. The summed E-state index contributed by atoms with van der Waals surface area (Å²) >= 11 is 6.17. The highest BCUT2D eigenvalue weighted by Gasteiger charge is 2.07. The fraction of sp³-hybridized carbons (Fsp3) is 0.0952. The van der Waals surface area contributed by atoms with Crippen molar-refractivity contribution in [3.63, 3.8) is 0 Å². The largest absolute Gasteiger partial charge is 0.489 e. The molecular formula is C21H18ClN3O2. The molecule has 5 nitrogen and oxygen atoms in total. The Morgan fingerprint density at radius 3 is 2.59 bits per heavy atom. The van der Waals surface area contributed by atoms with Crippen LogP contribution in [0, 0.1) is 0 Å². The van der Waals surface area contributed by atoms with Gasteiger partial charge in [-0.1, -0.05) is 41.9 Å². The number of aromatic amines is 2. The Hall–Kier alpha value is -3.18. The average molecular weight is 380 g/mol. The first-order valence-electron chi connectivity index (χ1n) is 8.58. The minimum atomic E-state index is -0.214. The molecule has 1 aromatic heterocycles. The monoisotopic (exact) mass is 379 g/mol. The molecule has 0 amide bonds. The lowest BCUT2D eigenvalue weighted by Crippen LogP contribution is -2.04. The van der Waals surface area contributed by atoms with E-state index in [0.29, 0.717) is 18.2 Å². The molecule has 3 aromatic carbocycles. The topological polar surface area (TPSA) is 69.9 Å². The van der Waals surface area contributed by atoms with Crippen LogP contribution in [-0.4, -0.2) is 9.97 Å². The number of ether oxygens (including phenoxy) is 1.